The minimum atomic E-state index is -1.63. The second-order valence-corrected chi connectivity index (χ2v) is 2.91. The van der Waals surface area contributed by atoms with Gasteiger partial charge in [-0.1, -0.05) is 0 Å². The fourth-order valence-electron chi connectivity index (χ4n) is 0.481. The van der Waals surface area contributed by atoms with Gasteiger partial charge in [0.1, 0.15) is 6.04 Å². The summed E-state index contributed by atoms with van der Waals surface area (Å²) in [5.74, 6) is -3.60. The molecule has 17 heavy (non-hydrogen) atoms. The van der Waals surface area contributed by atoms with Crippen LogP contribution in [0.2, 0.25) is 0 Å². The summed E-state index contributed by atoms with van der Waals surface area (Å²) in [6, 6.07) is -1.06. The third-order valence-electron chi connectivity index (χ3n) is 1.44. The third-order valence-corrected chi connectivity index (χ3v) is 1.44. The first-order valence-electron chi connectivity index (χ1n) is 4.44. The highest BCUT2D eigenvalue weighted by molar-refractivity contribution is 5.74. The highest BCUT2D eigenvalue weighted by Gasteiger charge is 2.12. The van der Waals surface area contributed by atoms with Crippen LogP contribution in [0.5, 0.6) is 0 Å². The maximum absolute atomic E-state index is 9.99. The van der Waals surface area contributed by atoms with Gasteiger partial charge in [0.25, 0.3) is 0 Å². The van der Waals surface area contributed by atoms with Crippen LogP contribution in [-0.2, 0) is 14.4 Å². The van der Waals surface area contributed by atoms with E-state index in [2.05, 4.69) is 0 Å². The monoisotopic (exact) mass is 253 g/mol. The first-order valence-corrected chi connectivity index (χ1v) is 4.44. The van der Waals surface area contributed by atoms with E-state index >= 15 is 0 Å². The Morgan fingerprint density at radius 1 is 1.06 bits per heavy atom. The topological polar surface area (TPSA) is 178 Å². The van der Waals surface area contributed by atoms with Crippen molar-refractivity contribution < 1.29 is 39.9 Å². The second-order valence-electron chi connectivity index (χ2n) is 2.91. The van der Waals surface area contributed by atoms with Gasteiger partial charge in [-0.2, -0.15) is 0 Å². The molecule has 0 bridgehead atoms. The molecular weight excluding hydrogens is 238 g/mol. The van der Waals surface area contributed by atoms with E-state index in [0.29, 0.717) is 0 Å². The maximum atomic E-state index is 9.99. The van der Waals surface area contributed by atoms with Crippen LogP contribution in [0.3, 0.4) is 0 Å². The van der Waals surface area contributed by atoms with Crippen LogP contribution in [0.4, 0.5) is 0 Å². The summed E-state index contributed by atoms with van der Waals surface area (Å²) in [7, 11) is 0. The number of carbonyl (C=O) groups is 3. The summed E-state index contributed by atoms with van der Waals surface area (Å²) in [5.41, 5.74) is 5.00. The van der Waals surface area contributed by atoms with Crippen molar-refractivity contribution in [1.82, 2.24) is 0 Å². The van der Waals surface area contributed by atoms with E-state index in [1.165, 1.54) is 0 Å². The number of carboxylic acid groups (broad SMARTS) is 3. The number of hydrogen-bond acceptors (Lipinski definition) is 6. The standard InChI is InChI=1S/C5H9NO4.C3H6O4/c6-3(5(9)10)1-2-4(7)8;4-1-2(5)3(6)7/h3H,1-2,6H2,(H,7,8)(H,9,10);2,4-5H,1H2,(H,6,7)/t3-;/m0./s1. The molecule has 0 aliphatic carbocycles. The van der Waals surface area contributed by atoms with Crippen LogP contribution in [0.1, 0.15) is 12.8 Å². The zero-order chi connectivity index (χ0) is 14.0. The zero-order valence-electron chi connectivity index (χ0n) is 8.81. The van der Waals surface area contributed by atoms with Crippen LogP contribution in [0.15, 0.2) is 0 Å². The second kappa shape index (κ2) is 9.51. The summed E-state index contributed by atoms with van der Waals surface area (Å²) in [6.45, 7) is -0.727. The minimum absolute atomic E-state index is 0.0231. The van der Waals surface area contributed by atoms with Crippen molar-refractivity contribution >= 4 is 17.9 Å². The average molecular weight is 253 g/mol. The van der Waals surface area contributed by atoms with Crippen molar-refractivity contribution in [2.75, 3.05) is 6.61 Å². The Hall–Kier alpha value is -1.71. The molecule has 7 N–H and O–H groups in total. The molecule has 100 valence electrons. The van der Waals surface area contributed by atoms with E-state index in [0.717, 1.165) is 0 Å². The molecule has 0 radical (unpaired) electrons. The van der Waals surface area contributed by atoms with Crippen molar-refractivity contribution in [2.24, 2.45) is 5.73 Å². The van der Waals surface area contributed by atoms with Gasteiger partial charge in [0.05, 0.1) is 6.61 Å². The molecular formula is C8H15NO8. The van der Waals surface area contributed by atoms with Crippen LogP contribution in [0.25, 0.3) is 0 Å². The molecule has 9 nitrogen and oxygen atoms in total. The Morgan fingerprint density at radius 2 is 1.53 bits per heavy atom. The first kappa shape index (κ1) is 17.7. The molecule has 0 aromatic heterocycles. The van der Waals surface area contributed by atoms with Crippen LogP contribution in [-0.4, -0.2) is 62.2 Å². The summed E-state index contributed by atoms with van der Waals surface area (Å²) < 4.78 is 0. The SMILES string of the molecule is N[C@@H](CCC(=O)O)C(=O)O.O=C(O)C(O)CO. The van der Waals surface area contributed by atoms with E-state index in [4.69, 9.17) is 31.3 Å². The largest absolute Gasteiger partial charge is 0.481 e. The highest BCUT2D eigenvalue weighted by Crippen LogP contribution is 1.93. The number of rotatable bonds is 6. The molecule has 0 heterocycles. The lowest BCUT2D eigenvalue weighted by atomic mass is 10.2. The van der Waals surface area contributed by atoms with Gasteiger partial charge in [-0.05, 0) is 6.42 Å². The molecule has 0 amide bonds. The van der Waals surface area contributed by atoms with E-state index in [-0.39, 0.29) is 12.8 Å². The van der Waals surface area contributed by atoms with Gasteiger partial charge in [-0.15, -0.1) is 0 Å². The molecule has 1 unspecified atom stereocenters. The normalized spacial score (nSPS) is 12.9. The Labute approximate surface area is 96.1 Å². The van der Waals surface area contributed by atoms with Crippen molar-refractivity contribution in [2.45, 2.75) is 25.0 Å². The van der Waals surface area contributed by atoms with Crippen LogP contribution >= 0.6 is 0 Å². The van der Waals surface area contributed by atoms with Gasteiger partial charge in [-0.25, -0.2) is 4.79 Å². The van der Waals surface area contributed by atoms with Gasteiger partial charge in [0, 0.05) is 6.42 Å². The van der Waals surface area contributed by atoms with E-state index < -0.39 is 36.7 Å². The number of hydrogen-bond donors (Lipinski definition) is 6. The molecule has 0 aliphatic heterocycles. The molecule has 0 rings (SSSR count). The quantitative estimate of drug-likeness (QED) is 0.303. The zero-order valence-corrected chi connectivity index (χ0v) is 8.81. The predicted molar refractivity (Wildman–Crippen MR) is 53.2 cm³/mol. The molecule has 0 saturated carbocycles. The Balaban J connectivity index is 0. The smallest absolute Gasteiger partial charge is 0.334 e. The first-order chi connectivity index (χ1) is 7.72. The Kier molecular flexibility index (Phi) is 9.89. The summed E-state index contributed by atoms with van der Waals surface area (Å²) in [6.07, 6.45) is -1.85. The summed E-state index contributed by atoms with van der Waals surface area (Å²) in [4.78, 5) is 29.4. The fraction of sp³-hybridized carbons (Fsp3) is 0.625. The third kappa shape index (κ3) is 12.2. The number of aliphatic hydroxyl groups excluding tert-OH is 2. The molecule has 0 aromatic rings. The Morgan fingerprint density at radius 3 is 1.71 bits per heavy atom. The molecule has 0 aliphatic rings. The lowest BCUT2D eigenvalue weighted by Crippen LogP contribution is -2.30. The molecule has 2 atom stereocenters. The summed E-state index contributed by atoms with van der Waals surface area (Å²) >= 11 is 0. The summed E-state index contributed by atoms with van der Waals surface area (Å²) in [5, 5.41) is 40.0. The van der Waals surface area contributed by atoms with Crippen LogP contribution in [0, 0.1) is 0 Å². The van der Waals surface area contributed by atoms with E-state index in [1.54, 1.807) is 0 Å². The highest BCUT2D eigenvalue weighted by atomic mass is 16.4. The molecule has 0 aromatic carbocycles. The van der Waals surface area contributed by atoms with Gasteiger partial charge in [0.2, 0.25) is 0 Å². The van der Waals surface area contributed by atoms with Crippen molar-refractivity contribution in [3.05, 3.63) is 0 Å². The van der Waals surface area contributed by atoms with Gasteiger partial charge < -0.3 is 31.3 Å². The van der Waals surface area contributed by atoms with Gasteiger partial charge in [-0.3, -0.25) is 9.59 Å². The van der Waals surface area contributed by atoms with Crippen molar-refractivity contribution in [3.63, 3.8) is 0 Å². The average Bonchev–Trinajstić information content (AvgIpc) is 2.24. The predicted octanol–water partition coefficient (Wildman–Crippen LogP) is -2.31. The molecule has 0 saturated heterocycles. The lowest BCUT2D eigenvalue weighted by Gasteiger charge is -2.01. The molecule has 9 heteroatoms. The number of nitrogens with two attached hydrogens (primary N) is 1. The lowest BCUT2D eigenvalue weighted by molar-refractivity contribution is -0.148. The number of carboxylic acids is 3. The number of aliphatic carboxylic acids is 3. The minimum Gasteiger partial charge on any atom is -0.481 e. The van der Waals surface area contributed by atoms with Crippen molar-refractivity contribution in [3.8, 4) is 0 Å². The van der Waals surface area contributed by atoms with Gasteiger partial charge >= 0.3 is 17.9 Å². The van der Waals surface area contributed by atoms with Gasteiger partial charge in [0.15, 0.2) is 6.10 Å². The number of aliphatic hydroxyl groups is 2. The maximum Gasteiger partial charge on any atom is 0.334 e. The molecule has 0 fully saturated rings. The van der Waals surface area contributed by atoms with E-state index in [9.17, 15) is 14.4 Å². The Bertz CT molecular complexity index is 266. The van der Waals surface area contributed by atoms with Crippen molar-refractivity contribution in [1.29, 1.82) is 0 Å². The molecule has 0 spiro atoms. The fourth-order valence-corrected chi connectivity index (χ4v) is 0.481. The van der Waals surface area contributed by atoms with E-state index in [1.807, 2.05) is 0 Å². The van der Waals surface area contributed by atoms with Crippen LogP contribution < -0.4 is 5.73 Å².